The Morgan fingerprint density at radius 1 is 1.27 bits per heavy atom. The molecule has 0 radical (unpaired) electrons. The fourth-order valence-corrected chi connectivity index (χ4v) is 5.23. The third kappa shape index (κ3) is 3.99. The second-order valence-electron chi connectivity index (χ2n) is 7.92. The van der Waals surface area contributed by atoms with Crippen molar-refractivity contribution < 1.29 is 17.9 Å². The van der Waals surface area contributed by atoms with E-state index in [4.69, 9.17) is 4.74 Å². The maximum Gasteiger partial charge on any atom is 0.275 e. The first-order valence-electron chi connectivity index (χ1n) is 10.0. The molecule has 1 saturated carbocycles. The first kappa shape index (κ1) is 20.6. The third-order valence-corrected chi connectivity index (χ3v) is 7.75. The summed E-state index contributed by atoms with van der Waals surface area (Å²) in [5.41, 5.74) is 5.87. The van der Waals surface area contributed by atoms with Crippen LogP contribution in [0.3, 0.4) is 0 Å². The number of benzene rings is 1. The van der Waals surface area contributed by atoms with Gasteiger partial charge in [0.15, 0.2) is 9.84 Å². The number of hydrazone groups is 1. The van der Waals surface area contributed by atoms with Gasteiger partial charge in [-0.3, -0.25) is 4.79 Å². The Bertz CT molecular complexity index is 1070. The number of carbonyl (C=O) groups is 1. The summed E-state index contributed by atoms with van der Waals surface area (Å²) >= 11 is 0. The maximum atomic E-state index is 12.5. The molecule has 1 amide bonds. The van der Waals surface area contributed by atoms with Gasteiger partial charge < -0.3 is 15.0 Å². The monoisotopic (exact) mass is 430 g/mol. The zero-order valence-corrected chi connectivity index (χ0v) is 18.1. The molecule has 0 bridgehead atoms. The zero-order chi connectivity index (χ0) is 21.5. The minimum atomic E-state index is -3.15. The smallest absolute Gasteiger partial charge is 0.275 e. The number of nitrogens with zero attached hydrogens (tertiary/aromatic N) is 2. The third-order valence-electron chi connectivity index (χ3n) is 5.51. The Morgan fingerprint density at radius 3 is 2.80 bits per heavy atom. The molecule has 2 heterocycles. The Morgan fingerprint density at radius 2 is 2.07 bits per heavy atom. The average Bonchev–Trinajstić information content (AvgIpc) is 3.44. The second kappa shape index (κ2) is 7.88. The van der Waals surface area contributed by atoms with Gasteiger partial charge >= 0.3 is 0 Å². The van der Waals surface area contributed by atoms with Gasteiger partial charge in [-0.1, -0.05) is 13.0 Å². The summed E-state index contributed by atoms with van der Waals surface area (Å²) in [4.78, 5) is 14.5. The predicted octanol–water partition coefficient (Wildman–Crippen LogP) is 1.63. The van der Waals surface area contributed by atoms with Crippen LogP contribution in [-0.2, 0) is 14.6 Å². The number of allylic oxidation sites excluding steroid dienone is 1. The number of hydrogen-bond donors (Lipinski definition) is 2. The summed E-state index contributed by atoms with van der Waals surface area (Å²) in [5.74, 6) is 0.327. The number of ether oxygens (including phenoxy) is 1. The van der Waals surface area contributed by atoms with Crippen molar-refractivity contribution in [2.75, 3.05) is 38.3 Å². The molecule has 4 rings (SSSR count). The number of rotatable bonds is 7. The van der Waals surface area contributed by atoms with E-state index >= 15 is 0 Å². The van der Waals surface area contributed by atoms with Crippen molar-refractivity contribution >= 4 is 33.2 Å². The lowest BCUT2D eigenvalue weighted by Gasteiger charge is -2.19. The Hall–Kier alpha value is -2.65. The molecule has 0 aromatic heterocycles. The van der Waals surface area contributed by atoms with E-state index in [2.05, 4.69) is 20.7 Å². The Labute approximate surface area is 176 Å². The van der Waals surface area contributed by atoms with E-state index in [1.54, 1.807) is 6.92 Å². The lowest BCUT2D eigenvalue weighted by Crippen LogP contribution is -2.21. The molecule has 2 N–H and O–H groups in total. The highest BCUT2D eigenvalue weighted by molar-refractivity contribution is 7.92. The van der Waals surface area contributed by atoms with Gasteiger partial charge in [-0.25, -0.2) is 13.8 Å². The highest BCUT2D eigenvalue weighted by atomic mass is 32.2. The summed E-state index contributed by atoms with van der Waals surface area (Å²) in [6.45, 7) is 3.07. The van der Waals surface area contributed by atoms with Crippen LogP contribution in [0.2, 0.25) is 0 Å². The molecule has 1 aromatic rings. The molecule has 0 spiro atoms. The van der Waals surface area contributed by atoms with Gasteiger partial charge in [-0.2, -0.15) is 5.10 Å². The van der Waals surface area contributed by atoms with Crippen LogP contribution in [0, 0.1) is 5.92 Å². The quantitative estimate of drug-likeness (QED) is 0.638. The van der Waals surface area contributed by atoms with Gasteiger partial charge in [0.05, 0.1) is 22.2 Å². The number of anilines is 1. The molecule has 1 fully saturated rings. The predicted molar refractivity (Wildman–Crippen MR) is 117 cm³/mol. The number of amides is 1. The molecule has 1 aromatic carbocycles. The highest BCUT2D eigenvalue weighted by Crippen LogP contribution is 2.42. The van der Waals surface area contributed by atoms with Crippen molar-refractivity contribution in [3.63, 3.8) is 0 Å². The van der Waals surface area contributed by atoms with Crippen LogP contribution in [0.25, 0.3) is 6.08 Å². The van der Waals surface area contributed by atoms with Crippen molar-refractivity contribution in [1.29, 1.82) is 0 Å². The normalized spacial score (nSPS) is 24.9. The van der Waals surface area contributed by atoms with Crippen molar-refractivity contribution in [3.05, 3.63) is 41.1 Å². The zero-order valence-electron chi connectivity index (χ0n) is 17.3. The van der Waals surface area contributed by atoms with Crippen LogP contribution in [-0.4, -0.2) is 63.2 Å². The summed E-state index contributed by atoms with van der Waals surface area (Å²) in [5, 5.41) is 6.98. The first-order chi connectivity index (χ1) is 14.3. The fourth-order valence-electron chi connectivity index (χ4n) is 3.67. The molecule has 0 saturated heterocycles. The number of hydrogen-bond acceptors (Lipinski definition) is 7. The topological polar surface area (TPSA) is 100 Å². The van der Waals surface area contributed by atoms with Gasteiger partial charge in [0, 0.05) is 29.5 Å². The molecule has 2 unspecified atom stereocenters. The van der Waals surface area contributed by atoms with Crippen LogP contribution < -0.4 is 15.5 Å². The van der Waals surface area contributed by atoms with Crippen molar-refractivity contribution in [2.45, 2.75) is 18.6 Å². The van der Waals surface area contributed by atoms with Crippen LogP contribution in [0.5, 0.6) is 5.75 Å². The molecule has 3 aliphatic rings. The largest absolute Gasteiger partial charge is 0.492 e. The van der Waals surface area contributed by atoms with Gasteiger partial charge in [-0.15, -0.1) is 0 Å². The number of carbonyl (C=O) groups excluding carboxylic acids is 1. The van der Waals surface area contributed by atoms with E-state index in [1.165, 1.54) is 0 Å². The van der Waals surface area contributed by atoms with Crippen molar-refractivity contribution in [3.8, 4) is 5.75 Å². The summed E-state index contributed by atoms with van der Waals surface area (Å²) in [6, 6.07) is 5.75. The van der Waals surface area contributed by atoms with Crippen LogP contribution in [0.4, 0.5) is 5.69 Å². The molecule has 9 heteroatoms. The van der Waals surface area contributed by atoms with Gasteiger partial charge in [0.2, 0.25) is 0 Å². The average molecular weight is 431 g/mol. The minimum Gasteiger partial charge on any atom is -0.492 e. The molecular formula is C21H26N4O4S. The van der Waals surface area contributed by atoms with E-state index in [-0.39, 0.29) is 17.6 Å². The lowest BCUT2D eigenvalue weighted by molar-refractivity contribution is -0.116. The van der Waals surface area contributed by atoms with Gasteiger partial charge in [0.25, 0.3) is 5.91 Å². The SMILES string of the molecule is CCS(=O)(=O)C1CC1C1=NNC(=O)C1=C1C=Cc2cc(OCCN(C)C)ccc2N1. The van der Waals surface area contributed by atoms with E-state index in [0.29, 0.717) is 30.0 Å². The van der Waals surface area contributed by atoms with E-state index < -0.39 is 15.1 Å². The maximum absolute atomic E-state index is 12.5. The van der Waals surface area contributed by atoms with Crippen molar-refractivity contribution in [1.82, 2.24) is 10.3 Å². The van der Waals surface area contributed by atoms with E-state index in [9.17, 15) is 13.2 Å². The number of sulfone groups is 1. The van der Waals surface area contributed by atoms with Crippen LogP contribution in [0.1, 0.15) is 18.9 Å². The minimum absolute atomic E-state index is 0.0964. The number of likely N-dealkylation sites (N-methyl/N-ethyl adjacent to an activating group) is 1. The van der Waals surface area contributed by atoms with Gasteiger partial charge in [-0.05, 0) is 44.8 Å². The standard InChI is InChI=1S/C21H26N4O4S/c1-4-30(27,28)18-12-15(18)20-19(21(26)24-23-20)17-7-5-13-11-14(6-8-16(13)22-17)29-10-9-25(2)3/h5-8,11,15,18,22H,4,9-10,12H2,1-3H3,(H,24,26). The molecule has 30 heavy (non-hydrogen) atoms. The van der Waals surface area contributed by atoms with Gasteiger partial charge in [0.1, 0.15) is 12.4 Å². The summed E-state index contributed by atoms with van der Waals surface area (Å²) in [6.07, 6.45) is 4.26. The molecule has 8 nitrogen and oxygen atoms in total. The fraction of sp³-hybridized carbons (Fsp3) is 0.429. The van der Waals surface area contributed by atoms with Crippen molar-refractivity contribution in [2.24, 2.45) is 11.0 Å². The number of fused-ring (bicyclic) bond motifs is 1. The molecular weight excluding hydrogens is 404 g/mol. The van der Waals surface area contributed by atoms with E-state index in [0.717, 1.165) is 23.5 Å². The van der Waals surface area contributed by atoms with Crippen LogP contribution in [0.15, 0.2) is 40.6 Å². The molecule has 1 aliphatic carbocycles. The number of nitrogens with one attached hydrogen (secondary N) is 2. The summed E-state index contributed by atoms with van der Waals surface area (Å²) in [7, 11) is 0.845. The molecule has 160 valence electrons. The second-order valence-corrected chi connectivity index (χ2v) is 10.4. The first-order valence-corrected chi connectivity index (χ1v) is 11.7. The molecule has 2 atom stereocenters. The van der Waals surface area contributed by atoms with E-state index in [1.807, 2.05) is 44.4 Å². The lowest BCUT2D eigenvalue weighted by atomic mass is 10.0. The Kier molecular flexibility index (Phi) is 5.42. The van der Waals surface area contributed by atoms with Crippen LogP contribution >= 0.6 is 0 Å². The summed E-state index contributed by atoms with van der Waals surface area (Å²) < 4.78 is 30.1. The molecule has 2 aliphatic heterocycles. The Balaban J connectivity index is 1.54. The highest BCUT2D eigenvalue weighted by Gasteiger charge is 2.52.